The molecule has 0 spiro atoms. The van der Waals surface area contributed by atoms with Gasteiger partial charge in [-0.3, -0.25) is 0 Å². The first kappa shape index (κ1) is 31.0. The molecule has 0 unspecified atom stereocenters. The van der Waals surface area contributed by atoms with Gasteiger partial charge in [-0.1, -0.05) is 0 Å². The largest absolute Gasteiger partial charge is 0.508 e. The Hall–Kier alpha value is -1.99. The molecule has 0 bridgehead atoms. The van der Waals surface area contributed by atoms with E-state index in [0.717, 1.165) is 0 Å². The van der Waals surface area contributed by atoms with E-state index in [1.165, 1.54) is 0 Å². The van der Waals surface area contributed by atoms with Crippen LogP contribution >= 0.6 is 0 Å². The van der Waals surface area contributed by atoms with Gasteiger partial charge in [0.2, 0.25) is 0 Å². The van der Waals surface area contributed by atoms with Gasteiger partial charge < -0.3 is 9.47 Å². The number of alkyl halides is 18. The van der Waals surface area contributed by atoms with E-state index in [9.17, 15) is 83.8 Å². The summed E-state index contributed by atoms with van der Waals surface area (Å²) < 4.78 is 237. The molecule has 0 aliphatic heterocycles. The van der Waals surface area contributed by atoms with Crippen molar-refractivity contribution in [3.05, 3.63) is 0 Å². The Labute approximate surface area is 168 Å². The highest BCUT2D eigenvalue weighted by Crippen LogP contribution is 2.62. The van der Waals surface area contributed by atoms with Crippen LogP contribution in [0, 0.1) is 0 Å². The number of halogens is 18. The molecule has 0 aliphatic carbocycles. The summed E-state index contributed by atoms with van der Waals surface area (Å²) in [4.78, 5) is 10.6. The lowest BCUT2D eigenvalue weighted by molar-refractivity contribution is -0.447. The van der Waals surface area contributed by atoms with Gasteiger partial charge in [0.05, 0.1) is 0 Å². The Bertz CT molecular complexity index is 687. The lowest BCUT2D eigenvalue weighted by Crippen LogP contribution is -2.74. The number of carbonyl (C=O) groups is 1. The standard InChI is InChI=1S/C12H6F18O3/c13-3(14)1-32-5(31)33-2-6(17,18)8(21,22)10(25,26)12(29,30)11(27,28)9(23,24)7(19,20)4(15)16/h3-4H,1-2H2. The van der Waals surface area contributed by atoms with E-state index in [1.807, 2.05) is 0 Å². The molecule has 3 nitrogen and oxygen atoms in total. The second kappa shape index (κ2) is 8.99. The predicted molar refractivity (Wildman–Crippen MR) is 63.9 cm³/mol. The smallest absolute Gasteiger partial charge is 0.428 e. The van der Waals surface area contributed by atoms with Crippen molar-refractivity contribution in [2.45, 2.75) is 54.3 Å². The van der Waals surface area contributed by atoms with Crippen molar-refractivity contribution < 1.29 is 93.3 Å². The number of ether oxygens (including phenoxy) is 2. The lowest BCUT2D eigenvalue weighted by atomic mass is 9.89. The quantitative estimate of drug-likeness (QED) is 0.234. The minimum absolute atomic E-state index is 1.96. The molecule has 198 valence electrons. The van der Waals surface area contributed by atoms with Crippen molar-refractivity contribution in [3.8, 4) is 0 Å². The van der Waals surface area contributed by atoms with Gasteiger partial charge in [0, 0.05) is 0 Å². The van der Waals surface area contributed by atoms with Gasteiger partial charge >= 0.3 is 54.0 Å². The molecule has 0 saturated heterocycles. The average Bonchev–Trinajstić information content (AvgIpc) is 2.63. The third kappa shape index (κ3) is 4.94. The van der Waals surface area contributed by atoms with E-state index in [0.29, 0.717) is 0 Å². The van der Waals surface area contributed by atoms with Crippen molar-refractivity contribution in [1.82, 2.24) is 0 Å². The Morgan fingerprint density at radius 1 is 0.576 bits per heavy atom. The van der Waals surface area contributed by atoms with Gasteiger partial charge in [-0.15, -0.1) is 0 Å². The second-order valence-corrected chi connectivity index (χ2v) is 5.74. The summed E-state index contributed by atoms with van der Waals surface area (Å²) in [6.07, 6.45) is -12.2. The number of hydrogen-bond donors (Lipinski definition) is 0. The Balaban J connectivity index is 6.17. The molecule has 0 rings (SSSR count). The third-order valence-corrected chi connectivity index (χ3v) is 3.43. The van der Waals surface area contributed by atoms with Crippen LogP contribution in [0.5, 0.6) is 0 Å². The molecule has 0 aromatic heterocycles. The maximum atomic E-state index is 13.4. The van der Waals surface area contributed by atoms with Crippen LogP contribution in [0.15, 0.2) is 0 Å². The first-order chi connectivity index (χ1) is 14.3. The maximum Gasteiger partial charge on any atom is 0.508 e. The average molecular weight is 540 g/mol. The zero-order chi connectivity index (χ0) is 27.1. The second-order valence-electron chi connectivity index (χ2n) is 5.74. The fourth-order valence-corrected chi connectivity index (χ4v) is 1.58. The summed E-state index contributed by atoms with van der Waals surface area (Å²) in [6.45, 7) is -5.47. The van der Waals surface area contributed by atoms with Crippen LogP contribution < -0.4 is 0 Å². The van der Waals surface area contributed by atoms with E-state index in [2.05, 4.69) is 9.47 Å². The highest BCUT2D eigenvalue weighted by molar-refractivity contribution is 5.59. The van der Waals surface area contributed by atoms with Crippen molar-refractivity contribution in [2.75, 3.05) is 13.2 Å². The van der Waals surface area contributed by atoms with E-state index in [4.69, 9.17) is 0 Å². The van der Waals surface area contributed by atoms with Crippen LogP contribution in [0.4, 0.5) is 83.8 Å². The van der Waals surface area contributed by atoms with Gasteiger partial charge in [0.1, 0.15) is 0 Å². The molecule has 0 aromatic rings. The summed E-state index contributed by atoms with van der Waals surface area (Å²) in [5.41, 5.74) is 0. The molecule has 33 heavy (non-hydrogen) atoms. The van der Waals surface area contributed by atoms with Gasteiger partial charge in [0.15, 0.2) is 13.2 Å². The Morgan fingerprint density at radius 3 is 1.30 bits per heavy atom. The zero-order valence-corrected chi connectivity index (χ0v) is 14.6. The fraction of sp³-hybridized carbons (Fsp3) is 0.917. The molecule has 0 saturated carbocycles. The molecule has 0 amide bonds. The fourth-order valence-electron chi connectivity index (χ4n) is 1.58. The van der Waals surface area contributed by atoms with Gasteiger partial charge in [0.25, 0.3) is 6.43 Å². The highest BCUT2D eigenvalue weighted by Gasteiger charge is 2.93. The van der Waals surface area contributed by atoms with E-state index < -0.39 is 73.7 Å². The van der Waals surface area contributed by atoms with Crippen molar-refractivity contribution in [2.24, 2.45) is 0 Å². The van der Waals surface area contributed by atoms with Gasteiger partial charge in [-0.05, 0) is 0 Å². The first-order valence-electron chi connectivity index (χ1n) is 7.26. The number of rotatable bonds is 11. The number of carbonyl (C=O) groups excluding carboxylic acids is 1. The summed E-state index contributed by atoms with van der Waals surface area (Å²) in [7, 11) is 0. The van der Waals surface area contributed by atoms with Crippen molar-refractivity contribution in [3.63, 3.8) is 0 Å². The van der Waals surface area contributed by atoms with Crippen LogP contribution in [0.3, 0.4) is 0 Å². The first-order valence-corrected chi connectivity index (χ1v) is 7.26. The number of hydrogen-bond acceptors (Lipinski definition) is 3. The Morgan fingerprint density at radius 2 is 0.939 bits per heavy atom. The van der Waals surface area contributed by atoms with Gasteiger partial charge in [-0.25, -0.2) is 22.4 Å². The lowest BCUT2D eigenvalue weighted by Gasteiger charge is -2.42. The predicted octanol–water partition coefficient (Wildman–Crippen LogP) is 6.12. The van der Waals surface area contributed by atoms with Crippen molar-refractivity contribution >= 4 is 6.16 Å². The third-order valence-electron chi connectivity index (χ3n) is 3.43. The molecule has 0 heterocycles. The minimum Gasteiger partial charge on any atom is -0.428 e. The maximum absolute atomic E-state index is 13.4. The van der Waals surface area contributed by atoms with E-state index in [1.54, 1.807) is 0 Å². The molecular weight excluding hydrogens is 534 g/mol. The monoisotopic (exact) mass is 540 g/mol. The normalized spacial score (nSPS) is 15.3. The van der Waals surface area contributed by atoms with E-state index in [-0.39, 0.29) is 0 Å². The van der Waals surface area contributed by atoms with Gasteiger partial charge in [-0.2, -0.15) is 61.5 Å². The SMILES string of the molecule is O=C(OCC(F)F)OCC(F)(F)C(F)(F)C(F)(F)C(F)(F)C(F)(F)C(F)(F)C(F)(F)C(F)F. The van der Waals surface area contributed by atoms with Crippen LogP contribution in [0.1, 0.15) is 0 Å². The Kier molecular flexibility index (Phi) is 8.45. The summed E-state index contributed by atoms with van der Waals surface area (Å²) >= 11 is 0. The summed E-state index contributed by atoms with van der Waals surface area (Å²) in [5, 5.41) is 0. The minimum atomic E-state index is -8.59. The molecule has 0 N–H and O–H groups in total. The molecule has 0 aromatic carbocycles. The van der Waals surface area contributed by atoms with E-state index >= 15 is 0 Å². The topological polar surface area (TPSA) is 35.5 Å². The summed E-state index contributed by atoms with van der Waals surface area (Å²) in [5.74, 6) is -56.2. The van der Waals surface area contributed by atoms with Crippen molar-refractivity contribution in [1.29, 1.82) is 0 Å². The molecule has 21 heteroatoms. The molecule has 0 aliphatic rings. The van der Waals surface area contributed by atoms with Crippen LogP contribution in [-0.2, 0) is 9.47 Å². The van der Waals surface area contributed by atoms with Crippen LogP contribution in [0.25, 0.3) is 0 Å². The molecular formula is C12H6F18O3. The zero-order valence-electron chi connectivity index (χ0n) is 14.6. The highest BCUT2D eigenvalue weighted by atomic mass is 19.4. The molecule has 0 atom stereocenters. The molecule has 0 fully saturated rings. The summed E-state index contributed by atoms with van der Waals surface area (Å²) in [6, 6.07) is 0. The van der Waals surface area contributed by atoms with Crippen LogP contribution in [0.2, 0.25) is 0 Å². The molecule has 0 radical (unpaired) electrons. The van der Waals surface area contributed by atoms with Crippen LogP contribution in [-0.4, -0.2) is 73.7 Å².